The molecule has 8 heteroatoms. The first kappa shape index (κ1) is 18.9. The van der Waals surface area contributed by atoms with Crippen molar-refractivity contribution in [2.24, 2.45) is 0 Å². The highest BCUT2D eigenvalue weighted by molar-refractivity contribution is 5.95. The van der Waals surface area contributed by atoms with E-state index in [-0.39, 0.29) is 31.1 Å². The molecule has 0 unspecified atom stereocenters. The van der Waals surface area contributed by atoms with E-state index >= 15 is 0 Å². The Kier molecular flexibility index (Phi) is 6.08. The first-order valence-corrected chi connectivity index (χ1v) is 9.12. The van der Waals surface area contributed by atoms with Crippen molar-refractivity contribution in [1.82, 2.24) is 15.5 Å². The van der Waals surface area contributed by atoms with Crippen molar-refractivity contribution in [3.63, 3.8) is 0 Å². The average molecular weight is 372 g/mol. The van der Waals surface area contributed by atoms with Gasteiger partial charge >= 0.3 is 12.0 Å². The van der Waals surface area contributed by atoms with Gasteiger partial charge in [-0.3, -0.25) is 9.69 Å². The molecule has 8 nitrogen and oxygen atoms in total. The van der Waals surface area contributed by atoms with Gasteiger partial charge in [0.05, 0.1) is 24.8 Å². The van der Waals surface area contributed by atoms with E-state index in [1.165, 1.54) is 0 Å². The quantitative estimate of drug-likeness (QED) is 0.652. The van der Waals surface area contributed by atoms with E-state index in [0.29, 0.717) is 17.8 Å². The Hall–Kier alpha value is -2.87. The standard InChI is InChI=1S/C19H24N4O4/c1-2-27-18(25)14-11-20-19(26)22-15(14)12-23-10-6-9-16(23)17(24)21-13-7-4-3-5-8-13/h3-5,7-8,16H,2,6,9-12H2,1H3,(H,21,24)(H2,20,22,26)/t16-/m0/s1. The van der Waals surface area contributed by atoms with Gasteiger partial charge in [-0.2, -0.15) is 0 Å². The fourth-order valence-corrected chi connectivity index (χ4v) is 3.34. The maximum Gasteiger partial charge on any atom is 0.337 e. The first-order chi connectivity index (χ1) is 13.1. The number of carbonyl (C=O) groups excluding carboxylic acids is 3. The van der Waals surface area contributed by atoms with Crippen molar-refractivity contribution in [3.05, 3.63) is 41.6 Å². The lowest BCUT2D eigenvalue weighted by molar-refractivity contribution is -0.138. The minimum Gasteiger partial charge on any atom is -0.463 e. The summed E-state index contributed by atoms with van der Waals surface area (Å²) in [5, 5.41) is 8.21. The van der Waals surface area contributed by atoms with Gasteiger partial charge in [0.1, 0.15) is 0 Å². The van der Waals surface area contributed by atoms with Gasteiger partial charge in [-0.15, -0.1) is 0 Å². The lowest BCUT2D eigenvalue weighted by Gasteiger charge is -2.28. The van der Waals surface area contributed by atoms with Crippen LogP contribution in [0.15, 0.2) is 41.6 Å². The van der Waals surface area contributed by atoms with E-state index in [2.05, 4.69) is 16.0 Å². The second kappa shape index (κ2) is 8.68. The zero-order chi connectivity index (χ0) is 19.2. The van der Waals surface area contributed by atoms with Gasteiger partial charge in [-0.25, -0.2) is 9.59 Å². The molecule has 1 saturated heterocycles. The molecule has 1 aromatic rings. The van der Waals surface area contributed by atoms with E-state index in [1.54, 1.807) is 6.92 Å². The van der Waals surface area contributed by atoms with Crippen LogP contribution >= 0.6 is 0 Å². The molecular formula is C19H24N4O4. The van der Waals surface area contributed by atoms with Gasteiger partial charge in [0.25, 0.3) is 0 Å². The summed E-state index contributed by atoms with van der Waals surface area (Å²) in [6.07, 6.45) is 1.61. The number of hydrogen-bond acceptors (Lipinski definition) is 5. The van der Waals surface area contributed by atoms with E-state index in [1.807, 2.05) is 35.2 Å². The predicted octanol–water partition coefficient (Wildman–Crippen LogP) is 1.22. The summed E-state index contributed by atoms with van der Waals surface area (Å²) in [4.78, 5) is 38.6. The lowest BCUT2D eigenvalue weighted by atomic mass is 10.1. The molecule has 3 N–H and O–H groups in total. The number of benzene rings is 1. The van der Waals surface area contributed by atoms with Crippen LogP contribution in [0.25, 0.3) is 0 Å². The molecule has 3 rings (SSSR count). The Morgan fingerprint density at radius 2 is 2.07 bits per heavy atom. The summed E-state index contributed by atoms with van der Waals surface area (Å²) in [6, 6.07) is 8.62. The number of anilines is 1. The van der Waals surface area contributed by atoms with Crippen molar-refractivity contribution in [3.8, 4) is 0 Å². The summed E-state index contributed by atoms with van der Waals surface area (Å²) in [5.74, 6) is -0.540. The Labute approximate surface area is 157 Å². The summed E-state index contributed by atoms with van der Waals surface area (Å²) in [7, 11) is 0. The van der Waals surface area contributed by atoms with Crippen molar-refractivity contribution in [2.75, 3.05) is 31.6 Å². The minimum absolute atomic E-state index is 0.0859. The van der Waals surface area contributed by atoms with E-state index in [0.717, 1.165) is 25.1 Å². The van der Waals surface area contributed by atoms with E-state index < -0.39 is 5.97 Å². The van der Waals surface area contributed by atoms with Crippen LogP contribution in [0.4, 0.5) is 10.5 Å². The number of nitrogens with zero attached hydrogens (tertiary/aromatic N) is 1. The molecular weight excluding hydrogens is 348 g/mol. The molecule has 0 radical (unpaired) electrons. The number of hydrogen-bond donors (Lipinski definition) is 3. The molecule has 1 atom stereocenters. The number of ether oxygens (including phenoxy) is 1. The monoisotopic (exact) mass is 372 g/mol. The molecule has 2 aliphatic heterocycles. The zero-order valence-electron chi connectivity index (χ0n) is 15.3. The second-order valence-electron chi connectivity index (χ2n) is 6.47. The zero-order valence-corrected chi connectivity index (χ0v) is 15.3. The van der Waals surface area contributed by atoms with Crippen LogP contribution in [0.2, 0.25) is 0 Å². The van der Waals surface area contributed by atoms with Gasteiger partial charge in [-0.1, -0.05) is 18.2 Å². The number of urea groups is 1. The van der Waals surface area contributed by atoms with Crippen molar-refractivity contribution in [2.45, 2.75) is 25.8 Å². The Bertz CT molecular complexity index is 747. The number of para-hydroxylation sites is 1. The number of likely N-dealkylation sites (tertiary alicyclic amines) is 1. The van der Waals surface area contributed by atoms with E-state index in [9.17, 15) is 14.4 Å². The summed E-state index contributed by atoms with van der Waals surface area (Å²) in [6.45, 7) is 3.14. The molecule has 0 saturated carbocycles. The normalized spacial score (nSPS) is 20.0. The first-order valence-electron chi connectivity index (χ1n) is 9.12. The highest BCUT2D eigenvalue weighted by atomic mass is 16.5. The summed E-state index contributed by atoms with van der Waals surface area (Å²) >= 11 is 0. The molecule has 27 heavy (non-hydrogen) atoms. The molecule has 2 heterocycles. The SMILES string of the molecule is CCOC(=O)C1=C(CN2CCC[C@H]2C(=O)Nc2ccccc2)NC(=O)NC1. The fourth-order valence-electron chi connectivity index (χ4n) is 3.34. The number of nitrogens with one attached hydrogen (secondary N) is 3. The van der Waals surface area contributed by atoms with Gasteiger partial charge in [0.15, 0.2) is 0 Å². The lowest BCUT2D eigenvalue weighted by Crippen LogP contribution is -2.48. The number of amides is 3. The largest absolute Gasteiger partial charge is 0.463 e. The van der Waals surface area contributed by atoms with Crippen LogP contribution in [-0.4, -0.2) is 55.1 Å². The van der Waals surface area contributed by atoms with Gasteiger partial charge in [0, 0.05) is 17.9 Å². The van der Waals surface area contributed by atoms with Crippen LogP contribution in [0.3, 0.4) is 0 Å². The smallest absolute Gasteiger partial charge is 0.337 e. The second-order valence-corrected chi connectivity index (χ2v) is 6.47. The topological polar surface area (TPSA) is 99.8 Å². The Morgan fingerprint density at radius 1 is 1.30 bits per heavy atom. The third-order valence-electron chi connectivity index (χ3n) is 4.65. The highest BCUT2D eigenvalue weighted by Crippen LogP contribution is 2.21. The molecule has 0 aromatic heterocycles. The van der Waals surface area contributed by atoms with Gasteiger partial charge in [-0.05, 0) is 38.4 Å². The Morgan fingerprint density at radius 3 is 2.81 bits per heavy atom. The third kappa shape index (κ3) is 4.65. The predicted molar refractivity (Wildman–Crippen MR) is 99.9 cm³/mol. The van der Waals surface area contributed by atoms with Crippen LogP contribution in [-0.2, 0) is 14.3 Å². The molecule has 0 spiro atoms. The molecule has 144 valence electrons. The molecule has 3 amide bonds. The van der Waals surface area contributed by atoms with E-state index in [4.69, 9.17) is 4.74 Å². The average Bonchev–Trinajstić information content (AvgIpc) is 3.11. The van der Waals surface area contributed by atoms with Crippen molar-refractivity contribution in [1.29, 1.82) is 0 Å². The number of esters is 1. The summed E-state index contributed by atoms with van der Waals surface area (Å²) in [5.41, 5.74) is 1.64. The fraction of sp³-hybridized carbons (Fsp3) is 0.421. The molecule has 0 bridgehead atoms. The molecule has 0 aliphatic carbocycles. The number of carbonyl (C=O) groups is 3. The van der Waals surface area contributed by atoms with Crippen LogP contribution in [0.5, 0.6) is 0 Å². The minimum atomic E-state index is -0.454. The van der Waals surface area contributed by atoms with Gasteiger partial charge in [0.2, 0.25) is 5.91 Å². The highest BCUT2D eigenvalue weighted by Gasteiger charge is 2.33. The summed E-state index contributed by atoms with van der Waals surface area (Å²) < 4.78 is 5.08. The molecule has 1 aromatic carbocycles. The maximum absolute atomic E-state index is 12.7. The third-order valence-corrected chi connectivity index (χ3v) is 4.65. The van der Waals surface area contributed by atoms with Gasteiger partial charge < -0.3 is 20.7 Å². The number of rotatable bonds is 6. The Balaban J connectivity index is 1.72. The van der Waals surface area contributed by atoms with Crippen molar-refractivity contribution >= 4 is 23.6 Å². The molecule has 2 aliphatic rings. The van der Waals surface area contributed by atoms with Crippen molar-refractivity contribution < 1.29 is 19.1 Å². The van der Waals surface area contributed by atoms with Crippen LogP contribution in [0.1, 0.15) is 19.8 Å². The van der Waals surface area contributed by atoms with Crippen LogP contribution < -0.4 is 16.0 Å². The molecule has 1 fully saturated rings. The van der Waals surface area contributed by atoms with Crippen LogP contribution in [0, 0.1) is 0 Å². The maximum atomic E-state index is 12.7.